The van der Waals surface area contributed by atoms with Gasteiger partial charge in [-0.1, -0.05) is 44.2 Å². The molecule has 0 saturated carbocycles. The maximum Gasteiger partial charge on any atom is 0.274 e. The average Bonchev–Trinajstić information content (AvgIpc) is 2.71. The number of carbonyl (C=O) groups excluding carboxylic acids is 1. The number of nitrogens with zero attached hydrogens (tertiary/aromatic N) is 2. The number of anilines is 3. The number of ether oxygens (including phenoxy) is 1. The summed E-state index contributed by atoms with van der Waals surface area (Å²) in [5.41, 5.74) is 3.98. The third-order valence-electron chi connectivity index (χ3n) is 4.49. The van der Waals surface area contributed by atoms with Gasteiger partial charge in [-0.05, 0) is 49.1 Å². The molecule has 1 amide bonds. The SMILES string of the molecule is CCOc1ccccc1Nc1nccc(C(=O)Nc2c(C)cccc2C(C)C)n1. The molecule has 2 aromatic carbocycles. The number of benzene rings is 2. The molecule has 0 spiro atoms. The van der Waals surface area contributed by atoms with Gasteiger partial charge in [0.25, 0.3) is 5.91 Å². The van der Waals surface area contributed by atoms with E-state index in [1.807, 2.05) is 56.3 Å². The van der Waals surface area contributed by atoms with Crippen molar-refractivity contribution in [2.75, 3.05) is 17.2 Å². The molecule has 0 aliphatic carbocycles. The monoisotopic (exact) mass is 390 g/mol. The van der Waals surface area contributed by atoms with Crippen LogP contribution in [-0.2, 0) is 0 Å². The molecule has 1 aromatic heterocycles. The van der Waals surface area contributed by atoms with Crippen LogP contribution < -0.4 is 15.4 Å². The normalized spacial score (nSPS) is 10.7. The quantitative estimate of drug-likeness (QED) is 0.572. The molecule has 6 heteroatoms. The van der Waals surface area contributed by atoms with E-state index in [1.165, 1.54) is 0 Å². The molecule has 3 aromatic rings. The molecule has 3 rings (SSSR count). The lowest BCUT2D eigenvalue weighted by atomic mass is 9.98. The first-order valence-electron chi connectivity index (χ1n) is 9.72. The van der Waals surface area contributed by atoms with Crippen LogP contribution in [0.25, 0.3) is 0 Å². The number of carbonyl (C=O) groups is 1. The Morgan fingerprint density at radius 2 is 1.90 bits per heavy atom. The molecule has 0 atom stereocenters. The van der Waals surface area contributed by atoms with Crippen LogP contribution in [0.3, 0.4) is 0 Å². The van der Waals surface area contributed by atoms with Gasteiger partial charge in [-0.15, -0.1) is 0 Å². The first kappa shape index (κ1) is 20.3. The van der Waals surface area contributed by atoms with Crippen molar-refractivity contribution >= 4 is 23.2 Å². The van der Waals surface area contributed by atoms with Crippen molar-refractivity contribution in [2.24, 2.45) is 0 Å². The van der Waals surface area contributed by atoms with Crippen molar-refractivity contribution in [2.45, 2.75) is 33.6 Å². The van der Waals surface area contributed by atoms with Crippen molar-refractivity contribution in [3.05, 3.63) is 71.5 Å². The van der Waals surface area contributed by atoms with E-state index in [2.05, 4.69) is 34.4 Å². The maximum atomic E-state index is 12.9. The van der Waals surface area contributed by atoms with Crippen LogP contribution in [0.15, 0.2) is 54.7 Å². The van der Waals surface area contributed by atoms with Crippen LogP contribution in [0.2, 0.25) is 0 Å². The maximum absolute atomic E-state index is 12.9. The van der Waals surface area contributed by atoms with E-state index in [0.29, 0.717) is 24.2 Å². The Labute approximate surface area is 171 Å². The zero-order chi connectivity index (χ0) is 20.8. The highest BCUT2D eigenvalue weighted by Crippen LogP contribution is 2.28. The van der Waals surface area contributed by atoms with Crippen molar-refractivity contribution in [1.82, 2.24) is 9.97 Å². The summed E-state index contributed by atoms with van der Waals surface area (Å²) >= 11 is 0. The fourth-order valence-electron chi connectivity index (χ4n) is 3.04. The molecule has 0 aliphatic rings. The van der Waals surface area contributed by atoms with Gasteiger partial charge in [-0.2, -0.15) is 0 Å². The van der Waals surface area contributed by atoms with Crippen LogP contribution in [0, 0.1) is 6.92 Å². The smallest absolute Gasteiger partial charge is 0.274 e. The molecule has 0 bridgehead atoms. The van der Waals surface area contributed by atoms with Crippen molar-refractivity contribution in [3.63, 3.8) is 0 Å². The standard InChI is InChI=1S/C23H26N4O2/c1-5-29-20-12-7-6-11-18(20)25-23-24-14-13-19(26-23)22(28)27-21-16(4)9-8-10-17(21)15(2)3/h6-15H,5H2,1-4H3,(H,27,28)(H,24,25,26). The second-order valence-electron chi connectivity index (χ2n) is 6.97. The Morgan fingerprint density at radius 1 is 1.10 bits per heavy atom. The number of para-hydroxylation sites is 3. The predicted octanol–water partition coefficient (Wildman–Crippen LogP) is 5.30. The molecule has 29 heavy (non-hydrogen) atoms. The van der Waals surface area contributed by atoms with Crippen LogP contribution >= 0.6 is 0 Å². The van der Waals surface area contributed by atoms with E-state index in [1.54, 1.807) is 12.3 Å². The van der Waals surface area contributed by atoms with E-state index in [-0.39, 0.29) is 11.6 Å². The largest absolute Gasteiger partial charge is 0.492 e. The Balaban J connectivity index is 1.83. The van der Waals surface area contributed by atoms with E-state index < -0.39 is 0 Å². The molecule has 0 aliphatic heterocycles. The number of rotatable bonds is 7. The molecule has 0 unspecified atom stereocenters. The zero-order valence-electron chi connectivity index (χ0n) is 17.2. The topological polar surface area (TPSA) is 76.1 Å². The van der Waals surface area contributed by atoms with Gasteiger partial charge >= 0.3 is 0 Å². The third-order valence-corrected chi connectivity index (χ3v) is 4.49. The fourth-order valence-corrected chi connectivity index (χ4v) is 3.04. The van der Waals surface area contributed by atoms with Crippen LogP contribution in [0.1, 0.15) is 48.3 Å². The number of amides is 1. The van der Waals surface area contributed by atoms with E-state index in [4.69, 9.17) is 4.74 Å². The minimum atomic E-state index is -0.273. The Hall–Kier alpha value is -3.41. The fraction of sp³-hybridized carbons (Fsp3) is 0.261. The third kappa shape index (κ3) is 4.90. The highest BCUT2D eigenvalue weighted by molar-refractivity contribution is 6.04. The van der Waals surface area contributed by atoms with Gasteiger partial charge in [-0.25, -0.2) is 9.97 Å². The van der Waals surface area contributed by atoms with Gasteiger partial charge in [0.2, 0.25) is 5.95 Å². The molecular weight excluding hydrogens is 364 g/mol. The Bertz CT molecular complexity index is 1000. The number of aromatic nitrogens is 2. The summed E-state index contributed by atoms with van der Waals surface area (Å²) in [5.74, 6) is 1.06. The van der Waals surface area contributed by atoms with Crippen LogP contribution in [0.5, 0.6) is 5.75 Å². The number of aryl methyl sites for hydroxylation is 1. The van der Waals surface area contributed by atoms with Gasteiger partial charge in [0.15, 0.2) is 0 Å². The van der Waals surface area contributed by atoms with Gasteiger partial charge in [0, 0.05) is 11.9 Å². The molecule has 0 fully saturated rings. The highest BCUT2D eigenvalue weighted by Gasteiger charge is 2.15. The summed E-state index contributed by atoms with van der Waals surface area (Å²) in [7, 11) is 0. The Kier molecular flexibility index (Phi) is 6.44. The lowest BCUT2D eigenvalue weighted by Crippen LogP contribution is -2.17. The van der Waals surface area contributed by atoms with Crippen molar-refractivity contribution < 1.29 is 9.53 Å². The summed E-state index contributed by atoms with van der Waals surface area (Å²) in [6, 6.07) is 15.2. The first-order chi connectivity index (χ1) is 14.0. The minimum Gasteiger partial charge on any atom is -0.492 e. The lowest BCUT2D eigenvalue weighted by molar-refractivity contribution is 0.102. The Morgan fingerprint density at radius 3 is 2.66 bits per heavy atom. The second kappa shape index (κ2) is 9.19. The van der Waals surface area contributed by atoms with Crippen LogP contribution in [0.4, 0.5) is 17.3 Å². The van der Waals surface area contributed by atoms with Crippen molar-refractivity contribution in [1.29, 1.82) is 0 Å². The molecule has 2 N–H and O–H groups in total. The van der Waals surface area contributed by atoms with Gasteiger partial charge in [0.05, 0.1) is 12.3 Å². The van der Waals surface area contributed by atoms with E-state index >= 15 is 0 Å². The van der Waals surface area contributed by atoms with Gasteiger partial charge < -0.3 is 15.4 Å². The molecule has 150 valence electrons. The van der Waals surface area contributed by atoms with E-state index in [9.17, 15) is 4.79 Å². The summed E-state index contributed by atoms with van der Waals surface area (Å²) in [6.45, 7) is 8.67. The van der Waals surface area contributed by atoms with Gasteiger partial charge in [-0.3, -0.25) is 4.79 Å². The van der Waals surface area contributed by atoms with Gasteiger partial charge in [0.1, 0.15) is 11.4 Å². The zero-order valence-corrected chi connectivity index (χ0v) is 17.2. The molecule has 0 saturated heterocycles. The number of nitrogens with one attached hydrogen (secondary N) is 2. The molecule has 0 radical (unpaired) electrons. The molecule has 6 nitrogen and oxygen atoms in total. The summed E-state index contributed by atoms with van der Waals surface area (Å²) in [6.07, 6.45) is 1.56. The lowest BCUT2D eigenvalue weighted by Gasteiger charge is -2.16. The molecular formula is C23H26N4O2. The summed E-state index contributed by atoms with van der Waals surface area (Å²) < 4.78 is 5.62. The summed E-state index contributed by atoms with van der Waals surface area (Å²) in [4.78, 5) is 21.5. The number of hydrogen-bond donors (Lipinski definition) is 2. The van der Waals surface area contributed by atoms with Crippen molar-refractivity contribution in [3.8, 4) is 5.75 Å². The number of hydrogen-bond acceptors (Lipinski definition) is 5. The minimum absolute atomic E-state index is 0.273. The first-order valence-corrected chi connectivity index (χ1v) is 9.72. The van der Waals surface area contributed by atoms with E-state index in [0.717, 1.165) is 22.5 Å². The molecule has 1 heterocycles. The average molecular weight is 390 g/mol. The van der Waals surface area contributed by atoms with Crippen LogP contribution in [-0.4, -0.2) is 22.5 Å². The second-order valence-corrected chi connectivity index (χ2v) is 6.97. The highest BCUT2D eigenvalue weighted by atomic mass is 16.5. The predicted molar refractivity (Wildman–Crippen MR) is 116 cm³/mol. The summed E-state index contributed by atoms with van der Waals surface area (Å²) in [5, 5.41) is 6.15.